The zero-order chi connectivity index (χ0) is 20.9. The molecule has 0 fully saturated rings. The maximum absolute atomic E-state index is 14.5. The molecule has 0 saturated carbocycles. The minimum atomic E-state index is -0.543. The quantitative estimate of drug-likeness (QED) is 0.383. The Morgan fingerprint density at radius 3 is 2.60 bits per heavy atom. The fourth-order valence-electron chi connectivity index (χ4n) is 2.93. The Morgan fingerprint density at radius 1 is 1.03 bits per heavy atom. The fraction of sp³-hybridized carbons (Fsp3) is 0.0909. The minimum Gasteiger partial charge on any atom is -0.350 e. The van der Waals surface area contributed by atoms with Crippen LogP contribution in [0.5, 0.6) is 0 Å². The zero-order valence-corrected chi connectivity index (χ0v) is 16.6. The zero-order valence-electron chi connectivity index (χ0n) is 15.8. The van der Waals surface area contributed by atoms with Crippen LogP contribution >= 0.6 is 11.8 Å². The number of amides is 1. The molecule has 1 amide bonds. The summed E-state index contributed by atoms with van der Waals surface area (Å²) in [5.41, 5.74) is 0.939. The topological polar surface area (TPSA) is 76.9 Å². The number of hydrogen-bond acceptors (Lipinski definition) is 5. The number of rotatable bonds is 6. The smallest absolute Gasteiger partial charge is 0.266 e. The molecule has 0 atom stereocenters. The molecule has 4 aromatic rings. The first-order valence-electron chi connectivity index (χ1n) is 9.19. The van der Waals surface area contributed by atoms with E-state index in [0.717, 1.165) is 17.5 Å². The molecular weight excluding hydrogens is 403 g/mol. The molecule has 30 heavy (non-hydrogen) atoms. The minimum absolute atomic E-state index is 0.0199. The van der Waals surface area contributed by atoms with Gasteiger partial charge in [-0.2, -0.15) is 0 Å². The normalized spacial score (nSPS) is 10.8. The van der Waals surface area contributed by atoms with Gasteiger partial charge in [-0.1, -0.05) is 42.1 Å². The van der Waals surface area contributed by atoms with Crippen molar-refractivity contribution >= 4 is 28.6 Å². The summed E-state index contributed by atoms with van der Waals surface area (Å²) in [7, 11) is 0. The van der Waals surface area contributed by atoms with Gasteiger partial charge in [-0.15, -0.1) is 0 Å². The summed E-state index contributed by atoms with van der Waals surface area (Å²) < 4.78 is 15.7. The predicted octanol–water partition coefficient (Wildman–Crippen LogP) is 3.33. The van der Waals surface area contributed by atoms with Crippen LogP contribution in [0.1, 0.15) is 5.69 Å². The lowest BCUT2D eigenvalue weighted by atomic mass is 10.2. The molecule has 0 aliphatic heterocycles. The first kappa shape index (κ1) is 19.8. The molecule has 0 radical (unpaired) electrons. The second-order valence-electron chi connectivity index (χ2n) is 6.39. The van der Waals surface area contributed by atoms with E-state index in [4.69, 9.17) is 0 Å². The Morgan fingerprint density at radius 2 is 1.80 bits per heavy atom. The van der Waals surface area contributed by atoms with E-state index in [1.54, 1.807) is 48.7 Å². The monoisotopic (exact) mass is 420 g/mol. The Hall–Kier alpha value is -3.52. The molecule has 8 heteroatoms. The molecule has 0 bridgehead atoms. The van der Waals surface area contributed by atoms with Crippen LogP contribution in [0.4, 0.5) is 4.39 Å². The van der Waals surface area contributed by atoms with Crippen molar-refractivity contribution in [3.63, 3.8) is 0 Å². The Kier molecular flexibility index (Phi) is 5.85. The molecule has 2 aromatic carbocycles. The molecule has 6 nitrogen and oxygen atoms in total. The standard InChI is InChI=1S/C22H17FN4O2S/c23-17-9-2-4-11-19(17)27-21(29)16-8-1-3-10-18(16)26-22(27)30-14-20(28)25-13-15-7-5-6-12-24-15/h1-12H,13-14H2,(H,25,28). The SMILES string of the molecule is O=C(CSc1nc2ccccc2c(=O)n1-c1ccccc1F)NCc1ccccn1. The number of halogens is 1. The first-order chi connectivity index (χ1) is 14.6. The van der Waals surface area contributed by atoms with E-state index >= 15 is 0 Å². The number of carbonyl (C=O) groups is 1. The molecule has 0 spiro atoms. The summed E-state index contributed by atoms with van der Waals surface area (Å²) in [4.78, 5) is 34.1. The lowest BCUT2D eigenvalue weighted by molar-refractivity contribution is -0.118. The van der Waals surface area contributed by atoms with Crippen LogP contribution in [-0.2, 0) is 11.3 Å². The van der Waals surface area contributed by atoms with Crippen LogP contribution in [0.2, 0.25) is 0 Å². The van der Waals surface area contributed by atoms with E-state index in [-0.39, 0.29) is 28.1 Å². The number of carbonyl (C=O) groups excluding carboxylic acids is 1. The van der Waals surface area contributed by atoms with Gasteiger partial charge in [0.25, 0.3) is 5.56 Å². The van der Waals surface area contributed by atoms with Crippen molar-refractivity contribution in [2.24, 2.45) is 0 Å². The predicted molar refractivity (Wildman–Crippen MR) is 114 cm³/mol. The van der Waals surface area contributed by atoms with Crippen molar-refractivity contribution in [1.82, 2.24) is 19.9 Å². The van der Waals surface area contributed by atoms with Gasteiger partial charge in [0.1, 0.15) is 5.82 Å². The van der Waals surface area contributed by atoms with Crippen molar-refractivity contribution in [1.29, 1.82) is 0 Å². The molecule has 0 aliphatic rings. The molecule has 1 N–H and O–H groups in total. The van der Waals surface area contributed by atoms with Gasteiger partial charge < -0.3 is 5.32 Å². The van der Waals surface area contributed by atoms with Crippen LogP contribution in [0, 0.1) is 5.82 Å². The summed E-state index contributed by atoms with van der Waals surface area (Å²) in [6.45, 7) is 0.297. The van der Waals surface area contributed by atoms with Crippen molar-refractivity contribution in [2.45, 2.75) is 11.7 Å². The third-order valence-corrected chi connectivity index (χ3v) is 5.30. The van der Waals surface area contributed by atoms with E-state index in [9.17, 15) is 14.0 Å². The largest absolute Gasteiger partial charge is 0.350 e. The van der Waals surface area contributed by atoms with Gasteiger partial charge in [-0.05, 0) is 36.4 Å². The highest BCUT2D eigenvalue weighted by molar-refractivity contribution is 7.99. The lowest BCUT2D eigenvalue weighted by Crippen LogP contribution is -2.26. The third-order valence-electron chi connectivity index (χ3n) is 4.36. The molecule has 2 heterocycles. The highest BCUT2D eigenvalue weighted by Crippen LogP contribution is 2.22. The number of aromatic nitrogens is 3. The first-order valence-corrected chi connectivity index (χ1v) is 10.2. The van der Waals surface area contributed by atoms with Crippen molar-refractivity contribution in [3.05, 3.63) is 94.8 Å². The van der Waals surface area contributed by atoms with Gasteiger partial charge in [0.05, 0.1) is 34.6 Å². The van der Waals surface area contributed by atoms with Gasteiger partial charge in [0.2, 0.25) is 5.91 Å². The molecule has 2 aromatic heterocycles. The number of fused-ring (bicyclic) bond motifs is 1. The molecule has 4 rings (SSSR count). The van der Waals surface area contributed by atoms with Crippen molar-refractivity contribution in [3.8, 4) is 5.69 Å². The van der Waals surface area contributed by atoms with Crippen LogP contribution in [-0.4, -0.2) is 26.2 Å². The van der Waals surface area contributed by atoms with E-state index < -0.39 is 5.82 Å². The van der Waals surface area contributed by atoms with Gasteiger partial charge in [-0.3, -0.25) is 19.1 Å². The number of nitrogens with zero attached hydrogens (tertiary/aromatic N) is 3. The number of benzene rings is 2. The van der Waals surface area contributed by atoms with Crippen molar-refractivity contribution < 1.29 is 9.18 Å². The maximum Gasteiger partial charge on any atom is 0.266 e. The van der Waals surface area contributed by atoms with Gasteiger partial charge in [-0.25, -0.2) is 9.37 Å². The summed E-state index contributed by atoms with van der Waals surface area (Å²) in [5.74, 6) is -0.766. The Labute approximate surface area is 175 Å². The summed E-state index contributed by atoms with van der Waals surface area (Å²) in [6.07, 6.45) is 1.66. The summed E-state index contributed by atoms with van der Waals surface area (Å²) in [5, 5.41) is 3.41. The van der Waals surface area contributed by atoms with Crippen LogP contribution in [0.3, 0.4) is 0 Å². The van der Waals surface area contributed by atoms with Crippen molar-refractivity contribution in [2.75, 3.05) is 5.75 Å². The Balaban J connectivity index is 1.63. The molecule has 0 unspecified atom stereocenters. The van der Waals surface area contributed by atoms with E-state index in [1.165, 1.54) is 16.7 Å². The van der Waals surface area contributed by atoms with E-state index in [0.29, 0.717) is 17.4 Å². The second-order valence-corrected chi connectivity index (χ2v) is 7.33. The van der Waals surface area contributed by atoms with Crippen LogP contribution in [0.15, 0.2) is 82.9 Å². The Bertz CT molecular complexity index is 1260. The van der Waals surface area contributed by atoms with Gasteiger partial charge in [0, 0.05) is 6.20 Å². The fourth-order valence-corrected chi connectivity index (χ4v) is 3.76. The number of pyridine rings is 1. The molecule has 150 valence electrons. The average molecular weight is 420 g/mol. The lowest BCUT2D eigenvalue weighted by Gasteiger charge is -2.13. The van der Waals surface area contributed by atoms with Crippen LogP contribution in [0.25, 0.3) is 16.6 Å². The second kappa shape index (κ2) is 8.87. The molecule has 0 aliphatic carbocycles. The van der Waals surface area contributed by atoms with E-state index in [1.807, 2.05) is 12.1 Å². The highest BCUT2D eigenvalue weighted by Gasteiger charge is 2.17. The van der Waals surface area contributed by atoms with E-state index in [2.05, 4.69) is 15.3 Å². The highest BCUT2D eigenvalue weighted by atomic mass is 32.2. The number of para-hydroxylation sites is 2. The number of thioether (sulfide) groups is 1. The maximum atomic E-state index is 14.5. The average Bonchev–Trinajstić information content (AvgIpc) is 2.78. The van der Waals surface area contributed by atoms with Gasteiger partial charge >= 0.3 is 0 Å². The number of nitrogens with one attached hydrogen (secondary N) is 1. The molecular formula is C22H17FN4O2S. The summed E-state index contributed by atoms with van der Waals surface area (Å²) >= 11 is 1.08. The third kappa shape index (κ3) is 4.23. The summed E-state index contributed by atoms with van der Waals surface area (Å²) in [6, 6.07) is 18.3. The van der Waals surface area contributed by atoms with Gasteiger partial charge in [0.15, 0.2) is 5.16 Å². The van der Waals surface area contributed by atoms with Crippen LogP contribution < -0.4 is 10.9 Å². The number of hydrogen-bond donors (Lipinski definition) is 1. The molecule has 0 saturated heterocycles.